The fourth-order valence-electron chi connectivity index (χ4n) is 4.02. The molecule has 0 amide bonds. The first kappa shape index (κ1) is 22.5. The standard InChI is InChI=1S/C31H33P/c1-30(2,3)27-20-24(21-28(32-27)31(4,5)6)29-25(22-14-9-7-10-15-22)18-13-19-26(29)23-16-11-8-12-17-23/h7-21H,1-6H3. The first-order chi connectivity index (χ1) is 15.1. The van der Waals surface area contributed by atoms with Crippen LogP contribution in [0.25, 0.3) is 33.4 Å². The van der Waals surface area contributed by atoms with Crippen molar-refractivity contribution in [2.45, 2.75) is 52.4 Å². The van der Waals surface area contributed by atoms with Gasteiger partial charge in [0.25, 0.3) is 0 Å². The highest BCUT2D eigenvalue weighted by Gasteiger charge is 2.23. The van der Waals surface area contributed by atoms with Gasteiger partial charge in [0.05, 0.1) is 0 Å². The molecule has 0 atom stereocenters. The van der Waals surface area contributed by atoms with Gasteiger partial charge in [0.2, 0.25) is 0 Å². The van der Waals surface area contributed by atoms with E-state index >= 15 is 0 Å². The normalized spacial score (nSPS) is 12.1. The van der Waals surface area contributed by atoms with Gasteiger partial charge in [0.15, 0.2) is 0 Å². The average molecular weight is 437 g/mol. The Labute approximate surface area is 195 Å². The number of rotatable bonds is 3. The molecule has 1 aromatic heterocycles. The molecule has 0 bridgehead atoms. The van der Waals surface area contributed by atoms with Crippen molar-refractivity contribution in [2.75, 3.05) is 0 Å². The molecule has 0 fully saturated rings. The quantitative estimate of drug-likeness (QED) is 0.300. The summed E-state index contributed by atoms with van der Waals surface area (Å²) in [5.74, 6) is 0. The molecule has 32 heavy (non-hydrogen) atoms. The average Bonchev–Trinajstić information content (AvgIpc) is 2.78. The van der Waals surface area contributed by atoms with Crippen molar-refractivity contribution in [3.8, 4) is 33.4 Å². The predicted octanol–water partition coefficient (Wildman–Crippen LogP) is 9.86. The summed E-state index contributed by atoms with van der Waals surface area (Å²) in [5.41, 5.74) is 7.96. The topological polar surface area (TPSA) is 0 Å². The second-order valence-corrected chi connectivity index (χ2v) is 11.8. The zero-order chi connectivity index (χ0) is 22.9. The fraction of sp³-hybridized carbons (Fsp3) is 0.258. The van der Waals surface area contributed by atoms with Gasteiger partial charge in [0, 0.05) is 0 Å². The first-order valence-electron chi connectivity index (χ1n) is 11.4. The van der Waals surface area contributed by atoms with Crippen LogP contribution in [0, 0.1) is 0 Å². The molecule has 0 aliphatic heterocycles. The lowest BCUT2D eigenvalue weighted by atomic mass is 9.85. The van der Waals surface area contributed by atoms with E-state index in [0.717, 1.165) is 0 Å². The van der Waals surface area contributed by atoms with Crippen LogP contribution in [0.5, 0.6) is 0 Å². The van der Waals surface area contributed by atoms with E-state index in [1.165, 1.54) is 52.2 Å². The maximum Gasteiger partial charge on any atom is -0.00264 e. The highest BCUT2D eigenvalue weighted by molar-refractivity contribution is 7.32. The summed E-state index contributed by atoms with van der Waals surface area (Å²) in [6.45, 7) is 14.0. The van der Waals surface area contributed by atoms with E-state index in [1.54, 1.807) is 0 Å². The van der Waals surface area contributed by atoms with Gasteiger partial charge in [-0.05, 0) is 66.9 Å². The van der Waals surface area contributed by atoms with Crippen LogP contribution in [0.2, 0.25) is 0 Å². The smallest absolute Gasteiger partial charge is 0.00264 e. The first-order valence-corrected chi connectivity index (χ1v) is 12.3. The molecule has 162 valence electrons. The van der Waals surface area contributed by atoms with Gasteiger partial charge in [0.1, 0.15) is 0 Å². The van der Waals surface area contributed by atoms with E-state index in [1.807, 2.05) is 0 Å². The lowest BCUT2D eigenvalue weighted by Gasteiger charge is -2.26. The van der Waals surface area contributed by atoms with Gasteiger partial charge in [-0.3, -0.25) is 0 Å². The number of hydrogen-bond acceptors (Lipinski definition) is 0. The van der Waals surface area contributed by atoms with E-state index in [4.69, 9.17) is 0 Å². The van der Waals surface area contributed by atoms with Crippen LogP contribution in [0.15, 0.2) is 91.0 Å². The van der Waals surface area contributed by atoms with Crippen LogP contribution in [-0.4, -0.2) is 0 Å². The highest BCUT2D eigenvalue weighted by atomic mass is 31.0. The van der Waals surface area contributed by atoms with Gasteiger partial charge in [-0.1, -0.05) is 129 Å². The predicted molar refractivity (Wildman–Crippen MR) is 143 cm³/mol. The van der Waals surface area contributed by atoms with Crippen molar-refractivity contribution >= 4 is 8.19 Å². The van der Waals surface area contributed by atoms with Gasteiger partial charge in [-0.25, -0.2) is 0 Å². The molecule has 0 N–H and O–H groups in total. The van der Waals surface area contributed by atoms with E-state index in [-0.39, 0.29) is 10.8 Å². The Hall–Kier alpha value is -2.69. The molecule has 0 saturated heterocycles. The van der Waals surface area contributed by atoms with Crippen LogP contribution in [0.4, 0.5) is 0 Å². The summed E-state index contributed by atoms with van der Waals surface area (Å²) < 4.78 is 0. The van der Waals surface area contributed by atoms with Crippen LogP contribution in [-0.2, 0) is 10.8 Å². The molecule has 3 aromatic carbocycles. The zero-order valence-corrected chi connectivity index (χ0v) is 21.0. The lowest BCUT2D eigenvalue weighted by Crippen LogP contribution is -2.13. The van der Waals surface area contributed by atoms with Crippen LogP contribution in [0.3, 0.4) is 0 Å². The van der Waals surface area contributed by atoms with Crippen molar-refractivity contribution in [3.05, 3.63) is 102 Å². The summed E-state index contributed by atoms with van der Waals surface area (Å²) in [7, 11) is 1.35. The fourth-order valence-corrected chi connectivity index (χ4v) is 5.36. The minimum atomic E-state index is 0.117. The Bertz CT molecular complexity index is 1120. The third kappa shape index (κ3) is 4.72. The van der Waals surface area contributed by atoms with E-state index in [9.17, 15) is 0 Å². The molecule has 0 nitrogen and oxygen atoms in total. The van der Waals surface area contributed by atoms with E-state index in [0.29, 0.717) is 0 Å². The summed E-state index contributed by atoms with van der Waals surface area (Å²) >= 11 is 0. The summed E-state index contributed by atoms with van der Waals surface area (Å²) in [6.07, 6.45) is 0. The lowest BCUT2D eigenvalue weighted by molar-refractivity contribution is 0.594. The Balaban J connectivity index is 2.09. The third-order valence-electron chi connectivity index (χ3n) is 5.88. The molecule has 0 unspecified atom stereocenters. The van der Waals surface area contributed by atoms with Gasteiger partial charge < -0.3 is 0 Å². The van der Waals surface area contributed by atoms with Crippen molar-refractivity contribution in [1.82, 2.24) is 0 Å². The van der Waals surface area contributed by atoms with Crippen molar-refractivity contribution < 1.29 is 0 Å². The minimum absolute atomic E-state index is 0.117. The molecule has 0 radical (unpaired) electrons. The third-order valence-corrected chi connectivity index (χ3v) is 7.97. The maximum absolute atomic E-state index is 2.45. The molecule has 1 heteroatoms. The number of benzene rings is 3. The summed E-state index contributed by atoms with van der Waals surface area (Å²) in [4.78, 5) is 0. The number of hydrogen-bond donors (Lipinski definition) is 0. The Morgan fingerprint density at radius 2 is 0.875 bits per heavy atom. The Kier molecular flexibility index (Phi) is 6.11. The molecular formula is C31H33P. The minimum Gasteiger partial charge on any atom is -0.0682 e. The molecule has 0 spiro atoms. The van der Waals surface area contributed by atoms with Gasteiger partial charge in [-0.2, -0.15) is 0 Å². The largest absolute Gasteiger partial charge is 0.0682 e. The molecule has 4 rings (SSSR count). The maximum atomic E-state index is 2.45. The van der Waals surface area contributed by atoms with Crippen molar-refractivity contribution in [2.24, 2.45) is 0 Å². The van der Waals surface area contributed by atoms with Gasteiger partial charge in [-0.15, -0.1) is 0 Å². The second-order valence-electron chi connectivity index (χ2n) is 10.6. The molecular weight excluding hydrogens is 403 g/mol. The summed E-state index contributed by atoms with van der Waals surface area (Å²) in [5, 5.41) is 2.95. The monoisotopic (exact) mass is 436 g/mol. The molecule has 0 aliphatic rings. The highest BCUT2D eigenvalue weighted by Crippen LogP contribution is 2.45. The van der Waals surface area contributed by atoms with E-state index in [2.05, 4.69) is 133 Å². The Morgan fingerprint density at radius 3 is 1.25 bits per heavy atom. The van der Waals surface area contributed by atoms with E-state index < -0.39 is 0 Å². The summed E-state index contributed by atoms with van der Waals surface area (Å²) in [6, 6.07) is 33.2. The van der Waals surface area contributed by atoms with Crippen LogP contribution >= 0.6 is 8.19 Å². The van der Waals surface area contributed by atoms with Crippen LogP contribution in [0.1, 0.15) is 52.1 Å². The second kappa shape index (κ2) is 8.68. The van der Waals surface area contributed by atoms with Crippen LogP contribution < -0.4 is 0 Å². The molecule has 4 aromatic rings. The molecule has 0 aliphatic carbocycles. The molecule has 1 heterocycles. The SMILES string of the molecule is CC(C)(C)c1cc(-c2c(-c3ccccc3)cccc2-c2ccccc2)cc(C(C)(C)C)p1. The Morgan fingerprint density at radius 1 is 0.469 bits per heavy atom. The molecule has 0 saturated carbocycles. The van der Waals surface area contributed by atoms with Crippen molar-refractivity contribution in [1.29, 1.82) is 0 Å². The van der Waals surface area contributed by atoms with Gasteiger partial charge >= 0.3 is 0 Å². The van der Waals surface area contributed by atoms with Crippen molar-refractivity contribution in [3.63, 3.8) is 0 Å². The zero-order valence-electron chi connectivity index (χ0n) is 20.1.